The number of hydrazine groups is 1. The molecular weight excluding hydrogens is 265 g/mol. The number of pyridine rings is 1. The van der Waals surface area contributed by atoms with Crippen LogP contribution in [0.2, 0.25) is 10.0 Å². The topological polar surface area (TPSA) is 83.3 Å². The van der Waals surface area contributed by atoms with Crippen LogP contribution in [0.15, 0.2) is 6.07 Å². The number of hydrogen-bond donors (Lipinski definition) is 3. The van der Waals surface area contributed by atoms with Crippen LogP contribution in [0, 0.1) is 0 Å². The molecule has 1 heterocycles. The first kappa shape index (κ1) is 13.8. The second kappa shape index (κ2) is 5.90. The van der Waals surface area contributed by atoms with Crippen LogP contribution in [0.1, 0.15) is 0 Å². The summed E-state index contributed by atoms with van der Waals surface area (Å²) in [7, 11) is 3.25. The Bertz CT molecular complexity index is 426. The van der Waals surface area contributed by atoms with Crippen LogP contribution >= 0.6 is 23.2 Å². The van der Waals surface area contributed by atoms with Crippen LogP contribution in [-0.2, 0) is 4.79 Å². The van der Waals surface area contributed by atoms with Crippen molar-refractivity contribution in [1.29, 1.82) is 0 Å². The van der Waals surface area contributed by atoms with Crippen molar-refractivity contribution in [2.45, 2.75) is 0 Å². The lowest BCUT2D eigenvalue weighted by molar-refractivity contribution is -0.119. The first-order valence-electron chi connectivity index (χ1n) is 4.74. The third-order valence-electron chi connectivity index (χ3n) is 2.07. The SMILES string of the molecule is CNC(=O)CN(C)c1nc(NN)c(Cl)cc1Cl. The number of halogens is 2. The first-order valence-corrected chi connectivity index (χ1v) is 5.49. The molecular formula is C9H13Cl2N5O. The van der Waals surface area contributed by atoms with E-state index < -0.39 is 0 Å². The number of carbonyl (C=O) groups is 1. The van der Waals surface area contributed by atoms with E-state index in [0.29, 0.717) is 21.7 Å². The normalized spacial score (nSPS) is 9.94. The van der Waals surface area contributed by atoms with Gasteiger partial charge in [0.1, 0.15) is 5.82 Å². The van der Waals surface area contributed by atoms with Gasteiger partial charge in [0, 0.05) is 14.1 Å². The molecule has 0 aliphatic heterocycles. The monoisotopic (exact) mass is 277 g/mol. The minimum absolute atomic E-state index is 0.134. The number of nitrogens with two attached hydrogens (primary N) is 1. The number of amides is 1. The highest BCUT2D eigenvalue weighted by molar-refractivity contribution is 6.37. The number of carbonyl (C=O) groups excluding carboxylic acids is 1. The van der Waals surface area contributed by atoms with Gasteiger partial charge in [-0.2, -0.15) is 0 Å². The Labute approximate surface area is 109 Å². The Morgan fingerprint density at radius 2 is 2.18 bits per heavy atom. The maximum Gasteiger partial charge on any atom is 0.239 e. The second-order valence-electron chi connectivity index (χ2n) is 3.30. The van der Waals surface area contributed by atoms with Gasteiger partial charge in [-0.1, -0.05) is 23.2 Å². The fourth-order valence-corrected chi connectivity index (χ4v) is 1.75. The van der Waals surface area contributed by atoms with Gasteiger partial charge in [-0.25, -0.2) is 10.8 Å². The van der Waals surface area contributed by atoms with Gasteiger partial charge in [-0.05, 0) is 6.07 Å². The molecule has 1 aromatic heterocycles. The predicted octanol–water partition coefficient (Wildman–Crippen LogP) is 0.856. The fraction of sp³-hybridized carbons (Fsp3) is 0.333. The van der Waals surface area contributed by atoms with Crippen molar-refractivity contribution in [3.8, 4) is 0 Å². The lowest BCUT2D eigenvalue weighted by Gasteiger charge is -2.19. The number of rotatable bonds is 4. The summed E-state index contributed by atoms with van der Waals surface area (Å²) in [6.07, 6.45) is 0. The zero-order valence-corrected chi connectivity index (χ0v) is 10.9. The molecule has 6 nitrogen and oxygen atoms in total. The standard InChI is InChI=1S/C9H13Cl2N5O/c1-13-7(17)4-16(2)9-6(11)3-5(10)8(14-9)15-12/h3H,4,12H2,1-2H3,(H,13,17)(H,14,15). The maximum absolute atomic E-state index is 11.2. The summed E-state index contributed by atoms with van der Waals surface area (Å²) < 4.78 is 0. The van der Waals surface area contributed by atoms with Gasteiger partial charge in [-0.3, -0.25) is 4.79 Å². The number of nitrogens with one attached hydrogen (secondary N) is 2. The maximum atomic E-state index is 11.2. The summed E-state index contributed by atoms with van der Waals surface area (Å²) in [6, 6.07) is 1.51. The van der Waals surface area contributed by atoms with E-state index in [1.54, 1.807) is 19.0 Å². The molecule has 1 aromatic rings. The highest BCUT2D eigenvalue weighted by Crippen LogP contribution is 2.30. The number of hydrogen-bond acceptors (Lipinski definition) is 5. The Kier molecular flexibility index (Phi) is 4.80. The zero-order chi connectivity index (χ0) is 13.0. The summed E-state index contributed by atoms with van der Waals surface area (Å²) >= 11 is 11.8. The van der Waals surface area contributed by atoms with E-state index in [0.717, 1.165) is 0 Å². The minimum atomic E-state index is -0.150. The van der Waals surface area contributed by atoms with Crippen LogP contribution in [0.3, 0.4) is 0 Å². The van der Waals surface area contributed by atoms with Crippen LogP contribution in [0.5, 0.6) is 0 Å². The highest BCUT2D eigenvalue weighted by atomic mass is 35.5. The molecule has 4 N–H and O–H groups in total. The molecule has 0 saturated carbocycles. The third-order valence-corrected chi connectivity index (χ3v) is 2.64. The van der Waals surface area contributed by atoms with E-state index in [1.165, 1.54) is 6.07 Å². The van der Waals surface area contributed by atoms with E-state index in [9.17, 15) is 4.79 Å². The third kappa shape index (κ3) is 3.36. The van der Waals surface area contributed by atoms with Gasteiger partial charge in [0.05, 0.1) is 16.6 Å². The Morgan fingerprint density at radius 3 is 2.71 bits per heavy atom. The summed E-state index contributed by atoms with van der Waals surface area (Å²) in [5.74, 6) is 5.83. The molecule has 0 aliphatic carbocycles. The second-order valence-corrected chi connectivity index (χ2v) is 4.11. The highest BCUT2D eigenvalue weighted by Gasteiger charge is 2.14. The Morgan fingerprint density at radius 1 is 1.53 bits per heavy atom. The minimum Gasteiger partial charge on any atom is -0.358 e. The van der Waals surface area contributed by atoms with Gasteiger partial charge >= 0.3 is 0 Å². The van der Waals surface area contributed by atoms with E-state index in [2.05, 4.69) is 15.7 Å². The Hall–Kier alpha value is -1.24. The average Bonchev–Trinajstić information content (AvgIpc) is 2.28. The number of anilines is 2. The number of likely N-dealkylation sites (N-methyl/N-ethyl adjacent to an activating group) is 2. The largest absolute Gasteiger partial charge is 0.358 e. The molecule has 0 fully saturated rings. The van der Waals surface area contributed by atoms with Crippen molar-refractivity contribution in [3.05, 3.63) is 16.1 Å². The van der Waals surface area contributed by atoms with Crippen LogP contribution in [0.4, 0.5) is 11.6 Å². The lowest BCUT2D eigenvalue weighted by atomic mass is 10.4. The lowest BCUT2D eigenvalue weighted by Crippen LogP contribution is -2.33. The van der Waals surface area contributed by atoms with Gasteiger partial charge in [0.25, 0.3) is 0 Å². The van der Waals surface area contributed by atoms with E-state index in [4.69, 9.17) is 29.0 Å². The molecule has 0 bridgehead atoms. The van der Waals surface area contributed by atoms with E-state index >= 15 is 0 Å². The predicted molar refractivity (Wildman–Crippen MR) is 69.4 cm³/mol. The summed E-state index contributed by atoms with van der Waals surface area (Å²) in [5, 5.41) is 3.17. The average molecular weight is 278 g/mol. The van der Waals surface area contributed by atoms with Crippen LogP contribution < -0.4 is 21.5 Å². The van der Waals surface area contributed by atoms with E-state index in [1.807, 2.05) is 0 Å². The molecule has 0 atom stereocenters. The molecule has 0 aromatic carbocycles. The van der Waals surface area contributed by atoms with Gasteiger partial charge in [-0.15, -0.1) is 0 Å². The molecule has 1 amide bonds. The van der Waals surface area contributed by atoms with Crippen molar-refractivity contribution >= 4 is 40.7 Å². The van der Waals surface area contributed by atoms with Crippen LogP contribution in [0.25, 0.3) is 0 Å². The van der Waals surface area contributed by atoms with Gasteiger partial charge in [0.15, 0.2) is 5.82 Å². The van der Waals surface area contributed by atoms with Gasteiger partial charge in [0.2, 0.25) is 5.91 Å². The van der Waals surface area contributed by atoms with Crippen LogP contribution in [-0.4, -0.2) is 31.5 Å². The number of nitrogen functional groups attached to an aromatic ring is 1. The molecule has 8 heteroatoms. The zero-order valence-electron chi connectivity index (χ0n) is 9.42. The molecule has 0 aliphatic rings. The smallest absolute Gasteiger partial charge is 0.239 e. The summed E-state index contributed by atoms with van der Waals surface area (Å²) in [5.41, 5.74) is 2.36. The molecule has 0 radical (unpaired) electrons. The first-order chi connectivity index (χ1) is 7.99. The fourth-order valence-electron chi connectivity index (χ4n) is 1.20. The van der Waals surface area contributed by atoms with E-state index in [-0.39, 0.29) is 12.5 Å². The molecule has 0 unspecified atom stereocenters. The summed E-state index contributed by atoms with van der Waals surface area (Å²) in [6.45, 7) is 0.134. The van der Waals surface area contributed by atoms with Crippen molar-refractivity contribution in [3.63, 3.8) is 0 Å². The Balaban J connectivity index is 3.00. The summed E-state index contributed by atoms with van der Waals surface area (Å²) in [4.78, 5) is 17.0. The number of aromatic nitrogens is 1. The van der Waals surface area contributed by atoms with Crippen molar-refractivity contribution in [2.75, 3.05) is 31.0 Å². The van der Waals surface area contributed by atoms with Crippen molar-refractivity contribution < 1.29 is 4.79 Å². The molecule has 0 saturated heterocycles. The number of nitrogens with zero attached hydrogens (tertiary/aromatic N) is 2. The molecule has 1 rings (SSSR count). The van der Waals surface area contributed by atoms with Crippen molar-refractivity contribution in [2.24, 2.45) is 5.84 Å². The van der Waals surface area contributed by atoms with Gasteiger partial charge < -0.3 is 15.6 Å². The van der Waals surface area contributed by atoms with Crippen molar-refractivity contribution in [1.82, 2.24) is 10.3 Å². The quantitative estimate of drug-likeness (QED) is 0.562. The molecule has 94 valence electrons. The molecule has 0 spiro atoms. The molecule has 17 heavy (non-hydrogen) atoms.